The van der Waals surface area contributed by atoms with Gasteiger partial charge in [0.1, 0.15) is 0 Å². The molecule has 3 rings (SSSR count). The molecule has 2 heterocycles. The number of rotatable bonds is 3. The molecule has 104 valence electrons. The molecule has 0 aromatic heterocycles. The number of benzene rings is 1. The lowest BCUT2D eigenvalue weighted by Gasteiger charge is -2.26. The van der Waals surface area contributed by atoms with E-state index in [0.717, 1.165) is 32.2 Å². The van der Waals surface area contributed by atoms with E-state index >= 15 is 0 Å². The Kier molecular flexibility index (Phi) is 4.16. The maximum absolute atomic E-state index is 6.34. The summed E-state index contributed by atoms with van der Waals surface area (Å²) in [5, 5.41) is 0. The van der Waals surface area contributed by atoms with E-state index in [4.69, 9.17) is 10.5 Å². The SMILES string of the molecule is N[C@@H]1CN(CC2CCOCC2)C[C@H]1c1ccccc1. The maximum Gasteiger partial charge on any atom is 0.0469 e. The van der Waals surface area contributed by atoms with Crippen molar-refractivity contribution in [2.45, 2.75) is 24.8 Å². The van der Waals surface area contributed by atoms with Crippen LogP contribution in [-0.4, -0.2) is 43.8 Å². The minimum atomic E-state index is 0.280. The quantitative estimate of drug-likeness (QED) is 0.901. The molecule has 19 heavy (non-hydrogen) atoms. The Morgan fingerprint density at radius 1 is 1.11 bits per heavy atom. The molecule has 0 unspecified atom stereocenters. The van der Waals surface area contributed by atoms with Crippen LogP contribution in [0.25, 0.3) is 0 Å². The summed E-state index contributed by atoms with van der Waals surface area (Å²) in [4.78, 5) is 2.55. The highest BCUT2D eigenvalue weighted by molar-refractivity contribution is 5.23. The van der Waals surface area contributed by atoms with E-state index in [1.54, 1.807) is 0 Å². The van der Waals surface area contributed by atoms with Gasteiger partial charge in [-0.2, -0.15) is 0 Å². The fraction of sp³-hybridized carbons (Fsp3) is 0.625. The van der Waals surface area contributed by atoms with E-state index in [0.29, 0.717) is 5.92 Å². The number of ether oxygens (including phenoxy) is 1. The molecule has 2 aliphatic heterocycles. The van der Waals surface area contributed by atoms with Gasteiger partial charge in [0.15, 0.2) is 0 Å². The summed E-state index contributed by atoms with van der Waals surface area (Å²) in [6.45, 7) is 5.22. The van der Waals surface area contributed by atoms with E-state index < -0.39 is 0 Å². The first kappa shape index (κ1) is 13.1. The van der Waals surface area contributed by atoms with Crippen molar-refractivity contribution in [1.29, 1.82) is 0 Å². The molecule has 2 N–H and O–H groups in total. The van der Waals surface area contributed by atoms with Crippen LogP contribution in [0.1, 0.15) is 24.3 Å². The lowest BCUT2D eigenvalue weighted by atomic mass is 9.95. The minimum Gasteiger partial charge on any atom is -0.381 e. The van der Waals surface area contributed by atoms with Gasteiger partial charge in [-0.15, -0.1) is 0 Å². The number of hydrogen-bond donors (Lipinski definition) is 1. The topological polar surface area (TPSA) is 38.5 Å². The second-order valence-electron chi connectivity index (χ2n) is 5.96. The second kappa shape index (κ2) is 6.04. The molecule has 3 nitrogen and oxygen atoms in total. The predicted molar refractivity (Wildman–Crippen MR) is 77.1 cm³/mol. The normalized spacial score (nSPS) is 29.7. The molecule has 0 spiro atoms. The molecular formula is C16H24N2O. The van der Waals surface area contributed by atoms with Gasteiger partial charge in [0.25, 0.3) is 0 Å². The van der Waals surface area contributed by atoms with Gasteiger partial charge in [-0.05, 0) is 24.3 Å². The van der Waals surface area contributed by atoms with Gasteiger partial charge < -0.3 is 15.4 Å². The Morgan fingerprint density at radius 3 is 2.58 bits per heavy atom. The summed E-state index contributed by atoms with van der Waals surface area (Å²) in [7, 11) is 0. The van der Waals surface area contributed by atoms with Crippen LogP contribution in [0.15, 0.2) is 30.3 Å². The molecule has 0 saturated carbocycles. The number of nitrogens with two attached hydrogens (primary N) is 1. The molecule has 2 saturated heterocycles. The van der Waals surface area contributed by atoms with Gasteiger partial charge in [-0.25, -0.2) is 0 Å². The predicted octanol–water partition coefficient (Wildman–Crippen LogP) is 1.84. The third-order valence-corrected chi connectivity index (χ3v) is 4.53. The van der Waals surface area contributed by atoms with Crippen molar-refractivity contribution in [3.8, 4) is 0 Å². The Morgan fingerprint density at radius 2 is 1.84 bits per heavy atom. The molecule has 0 aliphatic carbocycles. The van der Waals surface area contributed by atoms with Crippen molar-refractivity contribution in [3.05, 3.63) is 35.9 Å². The van der Waals surface area contributed by atoms with Crippen molar-refractivity contribution in [3.63, 3.8) is 0 Å². The van der Waals surface area contributed by atoms with Gasteiger partial charge >= 0.3 is 0 Å². The van der Waals surface area contributed by atoms with Crippen LogP contribution in [0, 0.1) is 5.92 Å². The minimum absolute atomic E-state index is 0.280. The Bertz CT molecular complexity index is 389. The molecule has 2 fully saturated rings. The van der Waals surface area contributed by atoms with Gasteiger partial charge in [0, 0.05) is 44.8 Å². The molecule has 2 aliphatic rings. The van der Waals surface area contributed by atoms with Crippen molar-refractivity contribution in [2.75, 3.05) is 32.8 Å². The van der Waals surface area contributed by atoms with E-state index in [-0.39, 0.29) is 6.04 Å². The molecule has 3 heteroatoms. The van der Waals surface area contributed by atoms with Crippen LogP contribution in [-0.2, 0) is 4.74 Å². The third-order valence-electron chi connectivity index (χ3n) is 4.53. The van der Waals surface area contributed by atoms with Crippen molar-refractivity contribution < 1.29 is 4.74 Å². The summed E-state index contributed by atoms with van der Waals surface area (Å²) in [5.41, 5.74) is 7.73. The van der Waals surface area contributed by atoms with Crippen LogP contribution >= 0.6 is 0 Å². The van der Waals surface area contributed by atoms with Crippen LogP contribution < -0.4 is 5.73 Å². The largest absolute Gasteiger partial charge is 0.381 e. The Balaban J connectivity index is 1.58. The van der Waals surface area contributed by atoms with Gasteiger partial charge in [-0.1, -0.05) is 30.3 Å². The summed E-state index contributed by atoms with van der Waals surface area (Å²) >= 11 is 0. The third kappa shape index (κ3) is 3.16. The molecule has 0 bridgehead atoms. The van der Waals surface area contributed by atoms with E-state index in [9.17, 15) is 0 Å². The highest BCUT2D eigenvalue weighted by atomic mass is 16.5. The van der Waals surface area contributed by atoms with Crippen molar-refractivity contribution >= 4 is 0 Å². The lowest BCUT2D eigenvalue weighted by molar-refractivity contribution is 0.0552. The highest BCUT2D eigenvalue weighted by Crippen LogP contribution is 2.28. The summed E-state index contributed by atoms with van der Waals surface area (Å²) in [5.74, 6) is 1.30. The molecule has 0 amide bonds. The van der Waals surface area contributed by atoms with Gasteiger partial charge in [0.05, 0.1) is 0 Å². The zero-order valence-electron chi connectivity index (χ0n) is 11.5. The number of hydrogen-bond acceptors (Lipinski definition) is 3. The zero-order valence-corrected chi connectivity index (χ0v) is 11.5. The average Bonchev–Trinajstić information content (AvgIpc) is 2.82. The smallest absolute Gasteiger partial charge is 0.0469 e. The molecular weight excluding hydrogens is 236 g/mol. The molecule has 0 radical (unpaired) electrons. The Hall–Kier alpha value is -0.900. The average molecular weight is 260 g/mol. The van der Waals surface area contributed by atoms with E-state index in [2.05, 4.69) is 35.2 Å². The summed E-state index contributed by atoms with van der Waals surface area (Å²) < 4.78 is 5.43. The lowest BCUT2D eigenvalue weighted by Crippen LogP contribution is -2.33. The molecule has 1 aromatic rings. The van der Waals surface area contributed by atoms with Crippen LogP contribution in [0.4, 0.5) is 0 Å². The van der Waals surface area contributed by atoms with Crippen LogP contribution in [0.3, 0.4) is 0 Å². The van der Waals surface area contributed by atoms with Gasteiger partial charge in [-0.3, -0.25) is 0 Å². The first-order valence-corrected chi connectivity index (χ1v) is 7.43. The fourth-order valence-electron chi connectivity index (χ4n) is 3.41. The number of likely N-dealkylation sites (tertiary alicyclic amines) is 1. The second-order valence-corrected chi connectivity index (χ2v) is 5.96. The molecule has 2 atom stereocenters. The summed E-state index contributed by atoms with van der Waals surface area (Å²) in [6.07, 6.45) is 2.42. The van der Waals surface area contributed by atoms with Crippen LogP contribution in [0.2, 0.25) is 0 Å². The molecule has 1 aromatic carbocycles. The zero-order chi connectivity index (χ0) is 13.1. The standard InChI is InChI=1S/C16H24N2O/c17-16-12-18(10-13-6-8-19-9-7-13)11-15(16)14-4-2-1-3-5-14/h1-5,13,15-16H,6-12,17H2/t15-,16+/m0/s1. The first-order chi connectivity index (χ1) is 9.33. The van der Waals surface area contributed by atoms with Crippen molar-refractivity contribution in [2.24, 2.45) is 11.7 Å². The highest BCUT2D eigenvalue weighted by Gasteiger charge is 2.32. The maximum atomic E-state index is 6.34. The fourth-order valence-corrected chi connectivity index (χ4v) is 3.41. The first-order valence-electron chi connectivity index (χ1n) is 7.43. The Labute approximate surface area is 115 Å². The number of nitrogens with zero attached hydrogens (tertiary/aromatic N) is 1. The van der Waals surface area contributed by atoms with Crippen molar-refractivity contribution in [1.82, 2.24) is 4.90 Å². The monoisotopic (exact) mass is 260 g/mol. The van der Waals surface area contributed by atoms with Gasteiger partial charge in [0.2, 0.25) is 0 Å². The van der Waals surface area contributed by atoms with E-state index in [1.165, 1.54) is 24.9 Å². The van der Waals surface area contributed by atoms with Crippen LogP contribution in [0.5, 0.6) is 0 Å². The summed E-state index contributed by atoms with van der Waals surface area (Å²) in [6, 6.07) is 11.0. The van der Waals surface area contributed by atoms with E-state index in [1.807, 2.05) is 0 Å².